The molecule has 0 unspecified atom stereocenters. The van der Waals surface area contributed by atoms with Crippen LogP contribution in [0, 0.1) is 6.92 Å². The molecule has 112 valence electrons. The average Bonchev–Trinajstić information content (AvgIpc) is 2.38. The van der Waals surface area contributed by atoms with Gasteiger partial charge in [0.1, 0.15) is 0 Å². The Hall–Kier alpha value is -0.630. The normalized spacial score (nSPS) is 11.7. The summed E-state index contributed by atoms with van der Waals surface area (Å²) < 4.78 is 0. The molecule has 3 heteroatoms. The van der Waals surface area contributed by atoms with Crippen LogP contribution in [0.5, 0.6) is 0 Å². The number of halogens is 2. The molecule has 0 N–H and O–H groups in total. The SMILES string of the molecule is Cc1ccc(C(C)(C)C)cc1SCc1ccc(Cl)cc1Cl. The quantitative estimate of drug-likeness (QED) is 0.549. The molecule has 0 saturated carbocycles. The van der Waals surface area contributed by atoms with Crippen molar-refractivity contribution in [1.29, 1.82) is 0 Å². The molecule has 0 aliphatic heterocycles. The molecule has 0 aliphatic carbocycles. The minimum atomic E-state index is 0.168. The maximum Gasteiger partial charge on any atom is 0.0461 e. The number of thioether (sulfide) groups is 1. The van der Waals surface area contributed by atoms with Crippen LogP contribution in [-0.4, -0.2) is 0 Å². The van der Waals surface area contributed by atoms with Gasteiger partial charge in [0, 0.05) is 20.7 Å². The average molecular weight is 339 g/mol. The lowest BCUT2D eigenvalue weighted by Gasteiger charge is -2.20. The summed E-state index contributed by atoms with van der Waals surface area (Å²) in [7, 11) is 0. The second kappa shape index (κ2) is 6.64. The summed E-state index contributed by atoms with van der Waals surface area (Å²) in [4.78, 5) is 1.31. The molecule has 0 saturated heterocycles. The van der Waals surface area contributed by atoms with E-state index in [1.54, 1.807) is 6.07 Å². The van der Waals surface area contributed by atoms with Crippen LogP contribution in [0.15, 0.2) is 41.3 Å². The summed E-state index contributed by atoms with van der Waals surface area (Å²) in [6.45, 7) is 8.87. The Balaban J connectivity index is 2.19. The topological polar surface area (TPSA) is 0 Å². The first-order chi connectivity index (χ1) is 9.77. The Morgan fingerprint density at radius 3 is 2.33 bits per heavy atom. The van der Waals surface area contributed by atoms with Crippen molar-refractivity contribution in [3.05, 3.63) is 63.1 Å². The zero-order chi connectivity index (χ0) is 15.6. The first kappa shape index (κ1) is 16.7. The largest absolute Gasteiger partial charge is 0.121 e. The van der Waals surface area contributed by atoms with Gasteiger partial charge in [-0.15, -0.1) is 11.8 Å². The number of benzene rings is 2. The van der Waals surface area contributed by atoms with Gasteiger partial charge in [-0.1, -0.05) is 62.2 Å². The van der Waals surface area contributed by atoms with E-state index in [1.807, 2.05) is 23.9 Å². The highest BCUT2D eigenvalue weighted by atomic mass is 35.5. The van der Waals surface area contributed by atoms with Gasteiger partial charge < -0.3 is 0 Å². The van der Waals surface area contributed by atoms with Crippen molar-refractivity contribution in [2.75, 3.05) is 0 Å². The van der Waals surface area contributed by atoms with E-state index in [-0.39, 0.29) is 5.41 Å². The number of hydrogen-bond acceptors (Lipinski definition) is 1. The molecule has 0 radical (unpaired) electrons. The monoisotopic (exact) mass is 338 g/mol. The van der Waals surface area contributed by atoms with Gasteiger partial charge in [-0.25, -0.2) is 0 Å². The van der Waals surface area contributed by atoms with E-state index in [1.165, 1.54) is 16.0 Å². The molecular weight excluding hydrogens is 319 g/mol. The van der Waals surface area contributed by atoms with Crippen molar-refractivity contribution < 1.29 is 0 Å². The number of aryl methyl sites for hydroxylation is 1. The molecule has 0 atom stereocenters. The van der Waals surface area contributed by atoms with Crippen LogP contribution >= 0.6 is 35.0 Å². The van der Waals surface area contributed by atoms with E-state index in [0.29, 0.717) is 5.02 Å². The van der Waals surface area contributed by atoms with Gasteiger partial charge in [0.15, 0.2) is 0 Å². The first-order valence-electron chi connectivity index (χ1n) is 6.95. The van der Waals surface area contributed by atoms with Crippen molar-refractivity contribution in [2.24, 2.45) is 0 Å². The van der Waals surface area contributed by atoms with Crippen molar-refractivity contribution in [2.45, 2.75) is 43.8 Å². The van der Waals surface area contributed by atoms with Gasteiger partial charge in [0.05, 0.1) is 0 Å². The third kappa shape index (κ3) is 4.42. The predicted octanol–water partition coefficient (Wildman–Crippen LogP) is 6.89. The van der Waals surface area contributed by atoms with Crippen molar-refractivity contribution >= 4 is 35.0 Å². The predicted molar refractivity (Wildman–Crippen MR) is 95.9 cm³/mol. The molecule has 2 rings (SSSR count). The zero-order valence-corrected chi connectivity index (χ0v) is 15.2. The van der Waals surface area contributed by atoms with Crippen LogP contribution in [0.3, 0.4) is 0 Å². The summed E-state index contributed by atoms with van der Waals surface area (Å²) in [6, 6.07) is 12.4. The van der Waals surface area contributed by atoms with Crippen LogP contribution in [0.1, 0.15) is 37.5 Å². The fraction of sp³-hybridized carbons (Fsp3) is 0.333. The van der Waals surface area contributed by atoms with Gasteiger partial charge in [0.2, 0.25) is 0 Å². The molecule has 0 spiro atoms. The van der Waals surface area contributed by atoms with Gasteiger partial charge in [-0.05, 0) is 47.2 Å². The molecule has 2 aromatic carbocycles. The van der Waals surface area contributed by atoms with Crippen LogP contribution < -0.4 is 0 Å². The lowest BCUT2D eigenvalue weighted by atomic mass is 9.87. The minimum absolute atomic E-state index is 0.168. The van der Waals surface area contributed by atoms with E-state index in [2.05, 4.69) is 45.9 Å². The molecule has 2 aromatic rings. The third-order valence-corrected chi connectivity index (χ3v) is 5.25. The van der Waals surface area contributed by atoms with Crippen LogP contribution in [0.25, 0.3) is 0 Å². The molecule has 0 aromatic heterocycles. The fourth-order valence-corrected chi connectivity index (χ4v) is 3.64. The highest BCUT2D eigenvalue weighted by Gasteiger charge is 2.15. The lowest BCUT2D eigenvalue weighted by molar-refractivity contribution is 0.588. The summed E-state index contributed by atoms with van der Waals surface area (Å²) in [6.07, 6.45) is 0. The fourth-order valence-electron chi connectivity index (χ4n) is 2.02. The zero-order valence-electron chi connectivity index (χ0n) is 12.8. The molecule has 0 bridgehead atoms. The summed E-state index contributed by atoms with van der Waals surface area (Å²) in [5.74, 6) is 0.852. The second-order valence-electron chi connectivity index (χ2n) is 6.25. The van der Waals surface area contributed by atoms with E-state index < -0.39 is 0 Å². The number of hydrogen-bond donors (Lipinski definition) is 0. The highest BCUT2D eigenvalue weighted by Crippen LogP contribution is 2.33. The van der Waals surface area contributed by atoms with Crippen molar-refractivity contribution in [3.63, 3.8) is 0 Å². The van der Waals surface area contributed by atoms with Crippen LogP contribution in [0.2, 0.25) is 10.0 Å². The van der Waals surface area contributed by atoms with Crippen molar-refractivity contribution in [1.82, 2.24) is 0 Å². The van der Waals surface area contributed by atoms with E-state index >= 15 is 0 Å². The van der Waals surface area contributed by atoms with E-state index in [9.17, 15) is 0 Å². The minimum Gasteiger partial charge on any atom is -0.121 e. The Morgan fingerprint density at radius 1 is 1.00 bits per heavy atom. The molecule has 0 amide bonds. The van der Waals surface area contributed by atoms with Gasteiger partial charge in [0.25, 0.3) is 0 Å². The maximum atomic E-state index is 6.24. The molecule has 0 nitrogen and oxygen atoms in total. The summed E-state index contributed by atoms with van der Waals surface area (Å²) >= 11 is 14.0. The van der Waals surface area contributed by atoms with Crippen molar-refractivity contribution in [3.8, 4) is 0 Å². The molecule has 0 heterocycles. The van der Waals surface area contributed by atoms with Gasteiger partial charge in [-0.3, -0.25) is 0 Å². The molecule has 0 fully saturated rings. The summed E-state index contributed by atoms with van der Waals surface area (Å²) in [5.41, 5.74) is 3.95. The molecular formula is C18H20Cl2S. The Morgan fingerprint density at radius 2 is 1.71 bits per heavy atom. The Kier molecular flexibility index (Phi) is 5.29. The standard InChI is InChI=1S/C18H20Cl2S/c1-12-5-7-14(18(2,3)4)9-17(12)21-11-13-6-8-15(19)10-16(13)20/h5-10H,11H2,1-4H3. The highest BCUT2D eigenvalue weighted by molar-refractivity contribution is 7.98. The summed E-state index contributed by atoms with van der Waals surface area (Å²) in [5, 5.41) is 1.42. The Labute approximate surface area is 141 Å². The molecule has 0 aliphatic rings. The lowest BCUT2D eigenvalue weighted by Crippen LogP contribution is -2.11. The van der Waals surface area contributed by atoms with E-state index in [0.717, 1.165) is 16.3 Å². The third-order valence-electron chi connectivity index (χ3n) is 3.45. The first-order valence-corrected chi connectivity index (χ1v) is 8.69. The number of rotatable bonds is 3. The van der Waals surface area contributed by atoms with Crippen LogP contribution in [-0.2, 0) is 11.2 Å². The molecule has 21 heavy (non-hydrogen) atoms. The van der Waals surface area contributed by atoms with E-state index in [4.69, 9.17) is 23.2 Å². The van der Waals surface area contributed by atoms with Gasteiger partial charge in [-0.2, -0.15) is 0 Å². The second-order valence-corrected chi connectivity index (χ2v) is 8.12. The smallest absolute Gasteiger partial charge is 0.0461 e. The van der Waals surface area contributed by atoms with Gasteiger partial charge >= 0.3 is 0 Å². The maximum absolute atomic E-state index is 6.24. The van der Waals surface area contributed by atoms with Crippen LogP contribution in [0.4, 0.5) is 0 Å². The Bertz CT molecular complexity index is 642.